The lowest BCUT2D eigenvalue weighted by Gasteiger charge is -1.97. The molecule has 7 heteroatoms. The number of aromatic nitrogens is 3. The Morgan fingerprint density at radius 1 is 1.59 bits per heavy atom. The van der Waals surface area contributed by atoms with Crippen LogP contribution in [0.5, 0.6) is 0 Å². The predicted octanol–water partition coefficient (Wildman–Crippen LogP) is 1.79. The van der Waals surface area contributed by atoms with Crippen LogP contribution in [0.15, 0.2) is 23.2 Å². The number of carbonyl (C=O) groups excluding carboxylic acids is 1. The highest BCUT2D eigenvalue weighted by Gasteiger charge is 2.43. The molecule has 1 N–H and O–H groups in total. The molecule has 2 heterocycles. The first-order valence-electron chi connectivity index (χ1n) is 5.08. The number of halogens is 2. The van der Waals surface area contributed by atoms with E-state index in [9.17, 15) is 9.18 Å². The van der Waals surface area contributed by atoms with E-state index >= 15 is 0 Å². The van der Waals surface area contributed by atoms with Gasteiger partial charge in [-0.25, -0.2) is 14.4 Å². The molecule has 17 heavy (non-hydrogen) atoms. The number of hydrogen-bond donors (Lipinski definition) is 1. The Hall–Kier alpha value is -1.50. The summed E-state index contributed by atoms with van der Waals surface area (Å²) < 4.78 is 15.1. The lowest BCUT2D eigenvalue weighted by molar-refractivity contribution is -0.117. The smallest absolute Gasteiger partial charge is 0.231 e. The third-order valence-electron chi connectivity index (χ3n) is 2.61. The maximum Gasteiger partial charge on any atom is 0.231 e. The SMILES string of the molecule is O=C(Nc1cn2cc(Br)ncc2n1)[C@@H]1C[C@@H]1F. The van der Waals surface area contributed by atoms with E-state index in [-0.39, 0.29) is 5.91 Å². The molecule has 88 valence electrons. The van der Waals surface area contributed by atoms with E-state index in [0.29, 0.717) is 22.5 Å². The lowest BCUT2D eigenvalue weighted by atomic mass is 10.4. The van der Waals surface area contributed by atoms with Crippen molar-refractivity contribution in [1.29, 1.82) is 0 Å². The minimum absolute atomic E-state index is 0.312. The average molecular weight is 299 g/mol. The molecule has 2 aromatic heterocycles. The second kappa shape index (κ2) is 3.76. The van der Waals surface area contributed by atoms with E-state index in [4.69, 9.17) is 0 Å². The van der Waals surface area contributed by atoms with Gasteiger partial charge in [0.15, 0.2) is 11.5 Å². The molecule has 1 amide bonds. The van der Waals surface area contributed by atoms with Crippen LogP contribution >= 0.6 is 15.9 Å². The number of amides is 1. The van der Waals surface area contributed by atoms with Gasteiger partial charge in [-0.05, 0) is 22.4 Å². The van der Waals surface area contributed by atoms with E-state index in [0.717, 1.165) is 0 Å². The Bertz CT molecular complexity index is 599. The zero-order chi connectivity index (χ0) is 12.0. The van der Waals surface area contributed by atoms with E-state index in [1.807, 2.05) is 0 Å². The van der Waals surface area contributed by atoms with Crippen molar-refractivity contribution in [2.45, 2.75) is 12.6 Å². The molecule has 1 saturated carbocycles. The molecule has 0 spiro atoms. The number of hydrogen-bond acceptors (Lipinski definition) is 3. The third-order valence-corrected chi connectivity index (χ3v) is 3.02. The Balaban J connectivity index is 1.83. The summed E-state index contributed by atoms with van der Waals surface area (Å²) in [6, 6.07) is 0. The first kappa shape index (κ1) is 10.6. The molecule has 1 fully saturated rings. The predicted molar refractivity (Wildman–Crippen MR) is 62.3 cm³/mol. The fourth-order valence-electron chi connectivity index (χ4n) is 1.59. The molecule has 3 rings (SSSR count). The number of nitrogens with zero attached hydrogens (tertiary/aromatic N) is 3. The minimum atomic E-state index is -0.997. The fourth-order valence-corrected chi connectivity index (χ4v) is 1.91. The van der Waals surface area contributed by atoms with Crippen LogP contribution in [0.4, 0.5) is 10.2 Å². The highest BCUT2D eigenvalue weighted by atomic mass is 79.9. The Labute approximate surface area is 104 Å². The molecule has 2 aromatic rings. The summed E-state index contributed by atoms with van der Waals surface area (Å²) in [5, 5.41) is 2.59. The monoisotopic (exact) mass is 298 g/mol. The fraction of sp³-hybridized carbons (Fsp3) is 0.300. The number of carbonyl (C=O) groups is 1. The second-order valence-electron chi connectivity index (χ2n) is 3.95. The lowest BCUT2D eigenvalue weighted by Crippen LogP contribution is -2.15. The molecule has 0 unspecified atom stereocenters. The van der Waals surface area contributed by atoms with Crippen LogP contribution in [-0.2, 0) is 4.79 Å². The molecule has 0 radical (unpaired) electrons. The van der Waals surface area contributed by atoms with Crippen LogP contribution in [0, 0.1) is 5.92 Å². The van der Waals surface area contributed by atoms with Crippen LogP contribution in [0.1, 0.15) is 6.42 Å². The van der Waals surface area contributed by atoms with Crippen molar-refractivity contribution in [3.63, 3.8) is 0 Å². The standard InChI is InChI=1S/C10H8BrFN4O/c11-7-3-16-4-8(14-9(16)2-13-7)15-10(17)5-1-6(5)12/h2-6H,1H2,(H,15,17)/t5-,6+/m1/s1. The molecule has 2 atom stereocenters. The van der Waals surface area contributed by atoms with Gasteiger partial charge in [-0.15, -0.1) is 0 Å². The van der Waals surface area contributed by atoms with Crippen molar-refractivity contribution in [3.8, 4) is 0 Å². The number of anilines is 1. The zero-order valence-electron chi connectivity index (χ0n) is 8.60. The van der Waals surface area contributed by atoms with Gasteiger partial charge >= 0.3 is 0 Å². The molecule has 5 nitrogen and oxygen atoms in total. The van der Waals surface area contributed by atoms with Crippen molar-refractivity contribution in [1.82, 2.24) is 14.4 Å². The first-order chi connectivity index (χ1) is 8.13. The van der Waals surface area contributed by atoms with Gasteiger partial charge in [0.1, 0.15) is 10.8 Å². The number of alkyl halides is 1. The molecule has 0 saturated heterocycles. The maximum absolute atomic E-state index is 12.7. The van der Waals surface area contributed by atoms with Crippen molar-refractivity contribution in [2.75, 3.05) is 5.32 Å². The summed E-state index contributed by atoms with van der Waals surface area (Å²) in [5.74, 6) is -0.411. The largest absolute Gasteiger partial charge is 0.309 e. The summed E-state index contributed by atoms with van der Waals surface area (Å²) in [7, 11) is 0. The van der Waals surface area contributed by atoms with Crippen molar-refractivity contribution < 1.29 is 9.18 Å². The van der Waals surface area contributed by atoms with Gasteiger partial charge in [0.05, 0.1) is 18.3 Å². The Morgan fingerprint density at radius 3 is 3.06 bits per heavy atom. The quantitative estimate of drug-likeness (QED) is 0.919. The van der Waals surface area contributed by atoms with E-state index in [1.165, 1.54) is 0 Å². The summed E-state index contributed by atoms with van der Waals surface area (Å²) >= 11 is 3.24. The van der Waals surface area contributed by atoms with Crippen LogP contribution in [0.3, 0.4) is 0 Å². The van der Waals surface area contributed by atoms with Gasteiger partial charge < -0.3 is 9.72 Å². The molecule has 1 aliphatic carbocycles. The molecule has 0 bridgehead atoms. The normalized spacial score (nSPS) is 22.7. The number of nitrogens with one attached hydrogen (secondary N) is 1. The topological polar surface area (TPSA) is 59.3 Å². The summed E-state index contributed by atoms with van der Waals surface area (Å²) in [6.07, 6.45) is 4.28. The first-order valence-corrected chi connectivity index (χ1v) is 5.88. The summed E-state index contributed by atoms with van der Waals surface area (Å²) in [6.45, 7) is 0. The Morgan fingerprint density at radius 2 is 2.35 bits per heavy atom. The average Bonchev–Trinajstić information content (AvgIpc) is 2.87. The van der Waals surface area contributed by atoms with Crippen LogP contribution in [-0.4, -0.2) is 26.4 Å². The molecular formula is C10H8BrFN4O. The summed E-state index contributed by atoms with van der Waals surface area (Å²) in [4.78, 5) is 19.7. The van der Waals surface area contributed by atoms with Crippen LogP contribution < -0.4 is 5.32 Å². The van der Waals surface area contributed by atoms with Gasteiger partial charge in [-0.1, -0.05) is 0 Å². The van der Waals surface area contributed by atoms with Gasteiger partial charge in [0, 0.05) is 6.20 Å². The van der Waals surface area contributed by atoms with Crippen molar-refractivity contribution >= 4 is 33.3 Å². The highest BCUT2D eigenvalue weighted by Crippen LogP contribution is 2.34. The number of rotatable bonds is 2. The minimum Gasteiger partial charge on any atom is -0.309 e. The van der Waals surface area contributed by atoms with Gasteiger partial charge in [0.25, 0.3) is 0 Å². The molecular weight excluding hydrogens is 291 g/mol. The number of fused-ring (bicyclic) bond motifs is 1. The highest BCUT2D eigenvalue weighted by molar-refractivity contribution is 9.10. The Kier molecular flexibility index (Phi) is 2.36. The second-order valence-corrected chi connectivity index (χ2v) is 4.76. The van der Waals surface area contributed by atoms with Crippen molar-refractivity contribution in [3.05, 3.63) is 23.2 Å². The van der Waals surface area contributed by atoms with Gasteiger partial charge in [-0.2, -0.15) is 0 Å². The maximum atomic E-state index is 12.7. The molecule has 0 aliphatic heterocycles. The van der Waals surface area contributed by atoms with E-state index < -0.39 is 12.1 Å². The van der Waals surface area contributed by atoms with Crippen LogP contribution in [0.25, 0.3) is 5.65 Å². The van der Waals surface area contributed by atoms with Gasteiger partial charge in [0.2, 0.25) is 5.91 Å². The van der Waals surface area contributed by atoms with Crippen LogP contribution in [0.2, 0.25) is 0 Å². The van der Waals surface area contributed by atoms with Gasteiger partial charge in [-0.3, -0.25) is 4.79 Å². The van der Waals surface area contributed by atoms with Crippen molar-refractivity contribution in [2.24, 2.45) is 5.92 Å². The summed E-state index contributed by atoms with van der Waals surface area (Å²) in [5.41, 5.74) is 0.621. The number of imidazole rings is 1. The van der Waals surface area contributed by atoms with E-state index in [1.54, 1.807) is 23.0 Å². The third kappa shape index (κ3) is 2.02. The molecule has 0 aromatic carbocycles. The van der Waals surface area contributed by atoms with E-state index in [2.05, 4.69) is 31.2 Å². The molecule has 1 aliphatic rings. The zero-order valence-corrected chi connectivity index (χ0v) is 10.2.